The van der Waals surface area contributed by atoms with Gasteiger partial charge in [0.25, 0.3) is 5.91 Å². The summed E-state index contributed by atoms with van der Waals surface area (Å²) >= 11 is 6.08. The molecule has 0 aliphatic carbocycles. The first-order chi connectivity index (χ1) is 17.6. The second-order valence-corrected chi connectivity index (χ2v) is 10.3. The van der Waals surface area contributed by atoms with Crippen molar-refractivity contribution in [3.63, 3.8) is 0 Å². The van der Waals surface area contributed by atoms with Gasteiger partial charge in [0.15, 0.2) is 0 Å². The van der Waals surface area contributed by atoms with Crippen LogP contribution >= 0.6 is 11.6 Å². The van der Waals surface area contributed by atoms with E-state index in [9.17, 15) is 9.59 Å². The number of benzene rings is 3. The number of hydrogen-bond acceptors (Lipinski definition) is 2. The quantitative estimate of drug-likeness (QED) is 0.361. The summed E-state index contributed by atoms with van der Waals surface area (Å²) in [6.45, 7) is 3.17. The minimum atomic E-state index is -0.0247. The van der Waals surface area contributed by atoms with E-state index in [-0.39, 0.29) is 17.7 Å². The van der Waals surface area contributed by atoms with Crippen molar-refractivity contribution in [2.45, 2.75) is 32.5 Å². The van der Waals surface area contributed by atoms with Crippen LogP contribution < -0.4 is 0 Å². The minimum absolute atomic E-state index is 0.0247. The maximum absolute atomic E-state index is 13.7. The highest BCUT2D eigenvalue weighted by Gasteiger charge is 2.33. The van der Waals surface area contributed by atoms with E-state index in [1.54, 1.807) is 0 Å². The first-order valence-corrected chi connectivity index (χ1v) is 12.9. The lowest BCUT2D eigenvalue weighted by Gasteiger charge is -2.33. The molecule has 1 aromatic heterocycles. The first-order valence-electron chi connectivity index (χ1n) is 12.5. The second-order valence-electron chi connectivity index (χ2n) is 9.83. The normalized spacial score (nSPS) is 15.9. The molecule has 3 aromatic carbocycles. The lowest BCUT2D eigenvalue weighted by atomic mass is 9.95. The van der Waals surface area contributed by atoms with E-state index >= 15 is 0 Å². The van der Waals surface area contributed by atoms with E-state index in [4.69, 9.17) is 11.6 Å². The molecular formula is C30H28ClN3O2. The van der Waals surface area contributed by atoms with Crippen LogP contribution in [-0.4, -0.2) is 39.3 Å². The maximum atomic E-state index is 13.7. The number of carbonyl (C=O) groups is 2. The van der Waals surface area contributed by atoms with E-state index < -0.39 is 0 Å². The Labute approximate surface area is 215 Å². The number of nitrogens with zero attached hydrogens (tertiary/aromatic N) is 3. The van der Waals surface area contributed by atoms with Crippen LogP contribution in [0.3, 0.4) is 0 Å². The van der Waals surface area contributed by atoms with Crippen LogP contribution in [0.15, 0.2) is 78.9 Å². The van der Waals surface area contributed by atoms with Crippen molar-refractivity contribution in [3.8, 4) is 0 Å². The average molecular weight is 498 g/mol. The third-order valence-corrected chi connectivity index (χ3v) is 7.82. The summed E-state index contributed by atoms with van der Waals surface area (Å²) in [7, 11) is 0. The monoisotopic (exact) mass is 497 g/mol. The number of fused-ring (bicyclic) bond motifs is 2. The number of amides is 2. The highest BCUT2D eigenvalue weighted by Crippen LogP contribution is 2.29. The van der Waals surface area contributed by atoms with E-state index in [0.717, 1.165) is 16.5 Å². The van der Waals surface area contributed by atoms with Gasteiger partial charge < -0.3 is 14.4 Å². The molecule has 36 heavy (non-hydrogen) atoms. The van der Waals surface area contributed by atoms with E-state index in [2.05, 4.69) is 22.8 Å². The standard InChI is InChI=1S/C30H28ClN3O2/c31-26-11-9-21(10-12-26)18-34-27-8-4-3-5-23(27)17-28(34)30(36)32-15-13-22(14-16-32)29(35)33-19-24-6-1-2-7-25(24)20-33/h1-12,17,22H,13-16,18-20H2. The number of piperidine rings is 1. The van der Waals surface area contributed by atoms with Gasteiger partial charge in [0.2, 0.25) is 5.91 Å². The highest BCUT2D eigenvalue weighted by atomic mass is 35.5. The van der Waals surface area contributed by atoms with Gasteiger partial charge in [-0.05, 0) is 53.8 Å². The van der Waals surface area contributed by atoms with Crippen molar-refractivity contribution in [2.24, 2.45) is 5.92 Å². The second kappa shape index (κ2) is 9.47. The van der Waals surface area contributed by atoms with Gasteiger partial charge in [-0.1, -0.05) is 66.2 Å². The largest absolute Gasteiger partial charge is 0.337 e. The molecular weight excluding hydrogens is 470 g/mol. The van der Waals surface area contributed by atoms with E-state index in [0.29, 0.717) is 56.3 Å². The molecule has 0 saturated carbocycles. The molecule has 6 rings (SSSR count). The number of likely N-dealkylation sites (tertiary alicyclic amines) is 1. The third kappa shape index (κ3) is 4.28. The van der Waals surface area contributed by atoms with E-state index in [1.165, 1.54) is 11.1 Å². The van der Waals surface area contributed by atoms with Crippen LogP contribution in [0.5, 0.6) is 0 Å². The van der Waals surface area contributed by atoms with Crippen molar-refractivity contribution in [1.82, 2.24) is 14.4 Å². The van der Waals surface area contributed by atoms with Crippen LogP contribution in [0.25, 0.3) is 10.9 Å². The Balaban J connectivity index is 1.17. The van der Waals surface area contributed by atoms with Crippen molar-refractivity contribution < 1.29 is 9.59 Å². The van der Waals surface area contributed by atoms with Crippen LogP contribution in [0.2, 0.25) is 5.02 Å². The molecule has 2 amide bonds. The number of halogens is 1. The molecule has 1 saturated heterocycles. The van der Waals surface area contributed by atoms with Gasteiger partial charge in [0.05, 0.1) is 0 Å². The molecule has 0 bridgehead atoms. The molecule has 2 aliphatic heterocycles. The predicted octanol–water partition coefficient (Wildman–Crippen LogP) is 5.74. The van der Waals surface area contributed by atoms with Crippen molar-refractivity contribution in [3.05, 3.63) is 106 Å². The van der Waals surface area contributed by atoms with Gasteiger partial charge in [0.1, 0.15) is 5.69 Å². The first kappa shape index (κ1) is 22.9. The minimum Gasteiger partial charge on any atom is -0.337 e. The Morgan fingerprint density at radius 3 is 2.14 bits per heavy atom. The SMILES string of the molecule is O=C(c1cc2ccccc2n1Cc1ccc(Cl)cc1)N1CCC(C(=O)N2Cc3ccccc3C2)CC1. The molecule has 4 aromatic rings. The zero-order valence-corrected chi connectivity index (χ0v) is 20.8. The summed E-state index contributed by atoms with van der Waals surface area (Å²) in [4.78, 5) is 30.8. The van der Waals surface area contributed by atoms with Gasteiger partial charge >= 0.3 is 0 Å². The van der Waals surface area contributed by atoms with Crippen LogP contribution in [-0.2, 0) is 24.4 Å². The zero-order valence-electron chi connectivity index (χ0n) is 20.1. The Morgan fingerprint density at radius 2 is 1.44 bits per heavy atom. The molecule has 0 atom stereocenters. The maximum Gasteiger partial charge on any atom is 0.270 e. The average Bonchev–Trinajstić information content (AvgIpc) is 3.51. The third-order valence-electron chi connectivity index (χ3n) is 7.57. The number of aromatic nitrogens is 1. The van der Waals surface area contributed by atoms with Crippen molar-refractivity contribution >= 4 is 34.3 Å². The molecule has 3 heterocycles. The predicted molar refractivity (Wildman–Crippen MR) is 142 cm³/mol. The van der Waals surface area contributed by atoms with Crippen LogP contribution in [0, 0.1) is 5.92 Å². The summed E-state index contributed by atoms with van der Waals surface area (Å²) in [6.07, 6.45) is 1.41. The zero-order chi connectivity index (χ0) is 24.6. The number of para-hydroxylation sites is 1. The lowest BCUT2D eigenvalue weighted by Crippen LogP contribution is -2.43. The van der Waals surface area contributed by atoms with Gasteiger partial charge in [-0.2, -0.15) is 0 Å². The fraction of sp³-hybridized carbons (Fsp3) is 0.267. The van der Waals surface area contributed by atoms with Gasteiger partial charge in [-0.25, -0.2) is 0 Å². The van der Waals surface area contributed by atoms with E-state index in [1.807, 2.05) is 70.5 Å². The molecule has 182 valence electrons. The molecule has 0 radical (unpaired) electrons. The summed E-state index contributed by atoms with van der Waals surface area (Å²) in [6, 6.07) is 26.1. The Morgan fingerprint density at radius 1 is 0.806 bits per heavy atom. The summed E-state index contributed by atoms with van der Waals surface area (Å²) < 4.78 is 2.10. The number of rotatable bonds is 4. The molecule has 0 spiro atoms. The molecule has 6 heteroatoms. The Kier molecular flexibility index (Phi) is 6.02. The summed E-state index contributed by atoms with van der Waals surface area (Å²) in [5, 5.41) is 1.75. The van der Waals surface area contributed by atoms with Gasteiger partial charge in [-0.15, -0.1) is 0 Å². The molecule has 0 unspecified atom stereocenters. The fourth-order valence-corrected chi connectivity index (χ4v) is 5.69. The lowest BCUT2D eigenvalue weighted by molar-refractivity contribution is -0.137. The number of carbonyl (C=O) groups excluding carboxylic acids is 2. The topological polar surface area (TPSA) is 45.6 Å². The highest BCUT2D eigenvalue weighted by molar-refractivity contribution is 6.30. The van der Waals surface area contributed by atoms with Crippen LogP contribution in [0.4, 0.5) is 0 Å². The fourth-order valence-electron chi connectivity index (χ4n) is 5.57. The summed E-state index contributed by atoms with van der Waals surface area (Å²) in [5.41, 5.74) is 5.30. The molecule has 2 aliphatic rings. The smallest absolute Gasteiger partial charge is 0.270 e. The Hall–Kier alpha value is -3.57. The molecule has 5 nitrogen and oxygen atoms in total. The summed E-state index contributed by atoms with van der Waals surface area (Å²) in [5.74, 6) is 0.220. The molecule has 1 fully saturated rings. The van der Waals surface area contributed by atoms with Crippen molar-refractivity contribution in [2.75, 3.05) is 13.1 Å². The Bertz CT molecular complexity index is 1410. The number of hydrogen-bond donors (Lipinski definition) is 0. The van der Waals surface area contributed by atoms with Crippen molar-refractivity contribution in [1.29, 1.82) is 0 Å². The van der Waals surface area contributed by atoms with Gasteiger partial charge in [-0.3, -0.25) is 9.59 Å². The van der Waals surface area contributed by atoms with Gasteiger partial charge in [0, 0.05) is 54.6 Å². The molecule has 0 N–H and O–H groups in total. The van der Waals surface area contributed by atoms with Crippen LogP contribution in [0.1, 0.15) is 40.0 Å².